The number of rotatable bonds is 4. The van der Waals surface area contributed by atoms with E-state index in [4.69, 9.17) is 11.6 Å². The van der Waals surface area contributed by atoms with E-state index < -0.39 is 17.3 Å². The molecule has 2 fully saturated rings. The lowest BCUT2D eigenvalue weighted by Gasteiger charge is -2.38. The summed E-state index contributed by atoms with van der Waals surface area (Å²) in [6, 6.07) is 6.90. The topological polar surface area (TPSA) is 81.2 Å². The number of piperidine rings is 1. The number of carbonyl (C=O) groups is 1. The van der Waals surface area contributed by atoms with E-state index in [9.17, 15) is 18.7 Å². The van der Waals surface area contributed by atoms with Gasteiger partial charge in [0.1, 0.15) is 11.6 Å². The third kappa shape index (κ3) is 3.61. The Morgan fingerprint density at radius 1 is 1.25 bits per heavy atom. The monoisotopic (exact) mass is 460 g/mol. The van der Waals surface area contributed by atoms with Crippen molar-refractivity contribution in [3.63, 3.8) is 0 Å². The Morgan fingerprint density at radius 2 is 1.94 bits per heavy atom. The second kappa shape index (κ2) is 8.01. The van der Waals surface area contributed by atoms with E-state index in [-0.39, 0.29) is 28.4 Å². The number of urea groups is 1. The Morgan fingerprint density at radius 3 is 2.59 bits per heavy atom. The van der Waals surface area contributed by atoms with E-state index in [0.717, 1.165) is 12.8 Å². The van der Waals surface area contributed by atoms with Crippen molar-refractivity contribution in [1.29, 1.82) is 0 Å². The lowest BCUT2D eigenvalue weighted by molar-refractivity contribution is 0.0293. The Kier molecular flexibility index (Phi) is 5.29. The molecule has 0 spiro atoms. The average Bonchev–Trinajstić information content (AvgIpc) is 3.49. The molecule has 1 saturated heterocycles. The number of nitrogens with one attached hydrogen (secondary N) is 2. The van der Waals surface area contributed by atoms with E-state index in [2.05, 4.69) is 15.5 Å². The number of halogens is 3. The first-order chi connectivity index (χ1) is 15.4. The predicted octanol–water partition coefficient (Wildman–Crippen LogP) is 5.25. The minimum absolute atomic E-state index is 0.0315. The first kappa shape index (κ1) is 21.2. The summed E-state index contributed by atoms with van der Waals surface area (Å²) in [6.45, 7) is 1.06. The number of aromatic amines is 1. The molecule has 1 atom stereocenters. The predicted molar refractivity (Wildman–Crippen MR) is 117 cm³/mol. The van der Waals surface area contributed by atoms with Gasteiger partial charge >= 0.3 is 6.03 Å². The van der Waals surface area contributed by atoms with Gasteiger partial charge in [0, 0.05) is 35.1 Å². The van der Waals surface area contributed by atoms with Crippen LogP contribution in [0, 0.1) is 23.0 Å². The maximum absolute atomic E-state index is 15.0. The third-order valence-corrected chi connectivity index (χ3v) is 7.28. The fraction of sp³-hybridized carbons (Fsp3) is 0.391. The number of aromatic nitrogens is 2. The largest absolute Gasteiger partial charge is 0.388 e. The molecular formula is C23H23ClF2N4O2. The molecule has 1 aromatic heterocycles. The van der Waals surface area contributed by atoms with Crippen LogP contribution in [0.2, 0.25) is 5.02 Å². The van der Waals surface area contributed by atoms with Crippen molar-refractivity contribution in [1.82, 2.24) is 15.1 Å². The summed E-state index contributed by atoms with van der Waals surface area (Å²) in [5, 5.41) is 21.5. The highest BCUT2D eigenvalue weighted by atomic mass is 35.5. The molecule has 2 aromatic carbocycles. The minimum Gasteiger partial charge on any atom is -0.388 e. The highest BCUT2D eigenvalue weighted by Crippen LogP contribution is 2.63. The molecule has 2 aliphatic rings. The number of hydrogen-bond acceptors (Lipinski definition) is 3. The third-order valence-electron chi connectivity index (χ3n) is 7.00. The highest BCUT2D eigenvalue weighted by Gasteiger charge is 2.56. The molecule has 1 unspecified atom stereocenters. The molecule has 1 aliphatic heterocycles. The van der Waals surface area contributed by atoms with Gasteiger partial charge in [0.25, 0.3) is 0 Å². The first-order valence-corrected chi connectivity index (χ1v) is 11.1. The van der Waals surface area contributed by atoms with Crippen molar-refractivity contribution < 1.29 is 18.7 Å². The van der Waals surface area contributed by atoms with Crippen LogP contribution >= 0.6 is 11.6 Å². The minimum atomic E-state index is -1.01. The Hall–Kier alpha value is -2.71. The zero-order valence-corrected chi connectivity index (χ0v) is 18.0. The van der Waals surface area contributed by atoms with Crippen molar-refractivity contribution in [3.8, 4) is 0 Å². The summed E-state index contributed by atoms with van der Waals surface area (Å²) in [5.41, 5.74) is 0.761. The number of likely N-dealkylation sites (tertiary alicyclic amines) is 1. The van der Waals surface area contributed by atoms with Gasteiger partial charge in [-0.05, 0) is 61.9 Å². The van der Waals surface area contributed by atoms with E-state index in [1.807, 2.05) is 0 Å². The van der Waals surface area contributed by atoms with Crippen molar-refractivity contribution in [3.05, 3.63) is 58.7 Å². The molecule has 3 N–H and O–H groups in total. The number of aliphatic hydroxyl groups excluding tert-OH is 1. The molecule has 0 radical (unpaired) electrons. The fourth-order valence-electron chi connectivity index (χ4n) is 5.05. The van der Waals surface area contributed by atoms with Gasteiger partial charge in [0.2, 0.25) is 0 Å². The maximum atomic E-state index is 15.0. The number of fused-ring (bicyclic) bond motifs is 1. The normalized spacial score (nSPS) is 19.2. The van der Waals surface area contributed by atoms with Crippen LogP contribution in [0.1, 0.15) is 37.4 Å². The van der Waals surface area contributed by atoms with Crippen LogP contribution in [0.4, 0.5) is 19.3 Å². The quantitative estimate of drug-likeness (QED) is 0.497. The fourth-order valence-corrected chi connectivity index (χ4v) is 5.27. The van der Waals surface area contributed by atoms with Crippen LogP contribution in [-0.4, -0.2) is 39.3 Å². The first-order valence-electron chi connectivity index (χ1n) is 10.7. The molecule has 5 rings (SSSR count). The lowest BCUT2D eigenvalue weighted by atomic mass is 9.75. The van der Waals surface area contributed by atoms with Crippen molar-refractivity contribution in [2.24, 2.45) is 11.3 Å². The molecule has 2 heterocycles. The second-order valence-corrected chi connectivity index (χ2v) is 9.16. The highest BCUT2D eigenvalue weighted by molar-refractivity contribution is 6.31. The van der Waals surface area contributed by atoms with Gasteiger partial charge in [-0.15, -0.1) is 0 Å². The molecule has 6 nitrogen and oxygen atoms in total. The summed E-state index contributed by atoms with van der Waals surface area (Å²) in [6.07, 6.45) is 3.57. The lowest BCUT2D eigenvalue weighted by Crippen LogP contribution is -2.43. The van der Waals surface area contributed by atoms with Crippen LogP contribution in [0.5, 0.6) is 0 Å². The standard InChI is InChI=1S/C23H23ClF2N4O2/c24-17-11-13-12-27-29-20(13)18(19(17)26)21(31)23(7-8-23)14-5-9-30(10-6-14)22(32)28-16-3-1-15(25)2-4-16/h1-4,11-12,14,21,31H,5-10H2,(H,27,29)(H,28,32). The molecule has 1 saturated carbocycles. The van der Waals surface area contributed by atoms with Crippen LogP contribution in [0.3, 0.4) is 0 Å². The van der Waals surface area contributed by atoms with Crippen LogP contribution in [0.15, 0.2) is 36.5 Å². The van der Waals surface area contributed by atoms with E-state index in [0.29, 0.717) is 42.5 Å². The number of aliphatic hydroxyl groups is 1. The van der Waals surface area contributed by atoms with E-state index in [1.165, 1.54) is 30.3 Å². The molecule has 1 aliphatic carbocycles. The molecule has 3 aromatic rings. The van der Waals surface area contributed by atoms with Crippen molar-refractivity contribution in [2.45, 2.75) is 31.8 Å². The Labute approximate surface area is 188 Å². The molecule has 9 heteroatoms. The number of hydrogen-bond donors (Lipinski definition) is 3. The Bertz CT molecular complexity index is 1150. The van der Waals surface area contributed by atoms with Crippen molar-refractivity contribution in [2.75, 3.05) is 18.4 Å². The van der Waals surface area contributed by atoms with Crippen molar-refractivity contribution >= 4 is 34.2 Å². The molecule has 32 heavy (non-hydrogen) atoms. The molecule has 2 amide bonds. The van der Waals surface area contributed by atoms with Gasteiger partial charge in [-0.25, -0.2) is 13.6 Å². The molecular weight excluding hydrogens is 438 g/mol. The summed E-state index contributed by atoms with van der Waals surface area (Å²) < 4.78 is 28.0. The molecule has 0 bridgehead atoms. The number of carbonyl (C=O) groups excluding carboxylic acids is 1. The Balaban J connectivity index is 1.29. The summed E-state index contributed by atoms with van der Waals surface area (Å²) in [4.78, 5) is 14.3. The van der Waals surface area contributed by atoms with Crippen LogP contribution in [0.25, 0.3) is 10.9 Å². The number of H-pyrrole nitrogens is 1. The van der Waals surface area contributed by atoms with Crippen LogP contribution < -0.4 is 5.32 Å². The molecule has 168 valence electrons. The number of amides is 2. The zero-order valence-electron chi connectivity index (χ0n) is 17.2. The number of benzene rings is 2. The van der Waals surface area contributed by atoms with Gasteiger partial charge in [-0.2, -0.15) is 5.10 Å². The summed E-state index contributed by atoms with van der Waals surface area (Å²) in [7, 11) is 0. The smallest absolute Gasteiger partial charge is 0.321 e. The van der Waals surface area contributed by atoms with Gasteiger partial charge in [0.15, 0.2) is 0 Å². The van der Waals surface area contributed by atoms with Gasteiger partial charge in [-0.1, -0.05) is 11.6 Å². The zero-order chi connectivity index (χ0) is 22.5. The van der Waals surface area contributed by atoms with Gasteiger partial charge in [-0.3, -0.25) is 5.10 Å². The van der Waals surface area contributed by atoms with Gasteiger partial charge in [0.05, 0.1) is 22.8 Å². The SMILES string of the molecule is O=C(Nc1ccc(F)cc1)N1CCC(C2(C(O)c3c(F)c(Cl)cc4cn[nH]c34)CC2)CC1. The van der Waals surface area contributed by atoms with Crippen LogP contribution in [-0.2, 0) is 0 Å². The number of nitrogens with zero attached hydrogens (tertiary/aromatic N) is 2. The van der Waals surface area contributed by atoms with Gasteiger partial charge < -0.3 is 15.3 Å². The number of anilines is 1. The summed E-state index contributed by atoms with van der Waals surface area (Å²) in [5.74, 6) is -0.817. The second-order valence-electron chi connectivity index (χ2n) is 8.75. The average molecular weight is 461 g/mol. The summed E-state index contributed by atoms with van der Waals surface area (Å²) >= 11 is 6.08. The maximum Gasteiger partial charge on any atom is 0.321 e. The van der Waals surface area contributed by atoms with E-state index >= 15 is 0 Å². The van der Waals surface area contributed by atoms with E-state index in [1.54, 1.807) is 11.1 Å².